The number of anilines is 3. The molecule has 0 spiro atoms. The van der Waals surface area contributed by atoms with E-state index in [1.807, 2.05) is 37.4 Å². The maximum absolute atomic E-state index is 15.4. The minimum Gasteiger partial charge on any atom is -0.378 e. The maximum Gasteiger partial charge on any atom is 0.137 e. The third kappa shape index (κ3) is 4.70. The van der Waals surface area contributed by atoms with E-state index in [0.717, 1.165) is 61.3 Å². The van der Waals surface area contributed by atoms with Crippen molar-refractivity contribution in [3.05, 3.63) is 77.6 Å². The van der Waals surface area contributed by atoms with Crippen LogP contribution in [0, 0.1) is 18.6 Å². The van der Waals surface area contributed by atoms with Gasteiger partial charge in [-0.2, -0.15) is 0 Å². The number of halogens is 2. The average molecular weight is 515 g/mol. The Balaban J connectivity index is 1.54. The SMILES string of the molecule is Cc1c(-c2ccccn2)nc2cc(F)cc(F)c2c1Nc1cc(N2CCOCC2)ncc1C1=CCNCC1. The summed E-state index contributed by atoms with van der Waals surface area (Å²) < 4.78 is 35.2. The van der Waals surface area contributed by atoms with Crippen LogP contribution in [0.2, 0.25) is 0 Å². The van der Waals surface area contributed by atoms with Gasteiger partial charge in [-0.25, -0.2) is 18.7 Å². The lowest BCUT2D eigenvalue weighted by atomic mass is 9.99. The lowest BCUT2D eigenvalue weighted by molar-refractivity contribution is 0.122. The quantitative estimate of drug-likeness (QED) is 0.378. The van der Waals surface area contributed by atoms with Crippen molar-refractivity contribution in [3.8, 4) is 11.4 Å². The molecule has 2 N–H and O–H groups in total. The second kappa shape index (κ2) is 10.4. The summed E-state index contributed by atoms with van der Waals surface area (Å²) >= 11 is 0. The van der Waals surface area contributed by atoms with Crippen LogP contribution in [0.1, 0.15) is 17.5 Å². The summed E-state index contributed by atoms with van der Waals surface area (Å²) in [6, 6.07) is 9.70. The molecule has 0 bridgehead atoms. The van der Waals surface area contributed by atoms with Gasteiger partial charge in [0.15, 0.2) is 0 Å². The lowest BCUT2D eigenvalue weighted by Crippen LogP contribution is -2.36. The van der Waals surface area contributed by atoms with E-state index in [2.05, 4.69) is 31.6 Å². The minimum atomic E-state index is -0.677. The molecule has 6 rings (SSSR count). The molecule has 4 aromatic rings. The van der Waals surface area contributed by atoms with Gasteiger partial charge in [-0.3, -0.25) is 4.98 Å². The van der Waals surface area contributed by atoms with Gasteiger partial charge >= 0.3 is 0 Å². The van der Waals surface area contributed by atoms with E-state index in [0.29, 0.717) is 30.3 Å². The number of pyridine rings is 3. The Labute approximate surface area is 219 Å². The van der Waals surface area contributed by atoms with Gasteiger partial charge in [-0.1, -0.05) is 12.1 Å². The Morgan fingerprint density at radius 3 is 2.71 bits per heavy atom. The third-order valence-electron chi connectivity index (χ3n) is 7.05. The smallest absolute Gasteiger partial charge is 0.137 e. The summed E-state index contributed by atoms with van der Waals surface area (Å²) in [4.78, 5) is 16.1. The zero-order chi connectivity index (χ0) is 26.1. The molecule has 38 heavy (non-hydrogen) atoms. The first-order valence-corrected chi connectivity index (χ1v) is 12.8. The van der Waals surface area contributed by atoms with Crippen molar-refractivity contribution in [2.24, 2.45) is 0 Å². The number of fused-ring (bicyclic) bond motifs is 1. The second-order valence-electron chi connectivity index (χ2n) is 9.45. The van der Waals surface area contributed by atoms with Crippen LogP contribution in [0.3, 0.4) is 0 Å². The molecule has 1 saturated heterocycles. The standard InChI is InChI=1S/C29H28F2N6O/c1-18-28(23-4-2-3-7-33-23)36-25-15-20(30)14-22(31)27(25)29(18)35-24-16-26(37-10-12-38-13-11-37)34-17-21(24)19-5-8-32-9-6-19/h2-5,7,14-17,32H,6,8-13H2,1H3,(H,34,35,36). The van der Waals surface area contributed by atoms with Crippen LogP contribution in [-0.4, -0.2) is 54.3 Å². The topological polar surface area (TPSA) is 75.2 Å². The molecular formula is C29H28F2N6O. The number of ether oxygens (including phenoxy) is 1. The number of benzene rings is 1. The van der Waals surface area contributed by atoms with E-state index in [4.69, 9.17) is 9.72 Å². The largest absolute Gasteiger partial charge is 0.378 e. The maximum atomic E-state index is 15.4. The Bertz CT molecular complexity index is 1520. The summed E-state index contributed by atoms with van der Waals surface area (Å²) in [5, 5.41) is 7.13. The zero-order valence-electron chi connectivity index (χ0n) is 21.1. The lowest BCUT2D eigenvalue weighted by Gasteiger charge is -2.29. The normalized spacial score (nSPS) is 16.0. The summed E-state index contributed by atoms with van der Waals surface area (Å²) in [7, 11) is 0. The molecule has 0 aliphatic carbocycles. The molecule has 1 aromatic carbocycles. The third-order valence-corrected chi connectivity index (χ3v) is 7.05. The Kier molecular flexibility index (Phi) is 6.70. The van der Waals surface area contributed by atoms with Crippen LogP contribution < -0.4 is 15.5 Å². The molecule has 194 valence electrons. The van der Waals surface area contributed by atoms with E-state index in [1.165, 1.54) is 11.6 Å². The van der Waals surface area contributed by atoms with Gasteiger partial charge in [0.1, 0.15) is 17.5 Å². The monoisotopic (exact) mass is 514 g/mol. The summed E-state index contributed by atoms with van der Waals surface area (Å²) in [5.74, 6) is -0.527. The Morgan fingerprint density at radius 1 is 1.08 bits per heavy atom. The number of hydrogen-bond donors (Lipinski definition) is 2. The first-order chi connectivity index (χ1) is 18.6. The van der Waals surface area contributed by atoms with Crippen molar-refractivity contribution in [3.63, 3.8) is 0 Å². The predicted molar refractivity (Wildman–Crippen MR) is 146 cm³/mol. The van der Waals surface area contributed by atoms with Gasteiger partial charge < -0.3 is 20.3 Å². The van der Waals surface area contributed by atoms with Crippen LogP contribution in [0.4, 0.5) is 26.0 Å². The zero-order valence-corrected chi connectivity index (χ0v) is 21.1. The molecule has 9 heteroatoms. The van der Waals surface area contributed by atoms with Crippen molar-refractivity contribution < 1.29 is 13.5 Å². The second-order valence-corrected chi connectivity index (χ2v) is 9.45. The highest BCUT2D eigenvalue weighted by Gasteiger charge is 2.22. The molecule has 7 nitrogen and oxygen atoms in total. The molecule has 0 saturated carbocycles. The van der Waals surface area contributed by atoms with Crippen molar-refractivity contribution >= 4 is 33.7 Å². The molecule has 2 aliphatic rings. The van der Waals surface area contributed by atoms with Crippen molar-refractivity contribution in [1.82, 2.24) is 20.3 Å². The van der Waals surface area contributed by atoms with Gasteiger partial charge in [0.25, 0.3) is 0 Å². The van der Waals surface area contributed by atoms with Crippen LogP contribution in [0.15, 0.2) is 54.9 Å². The van der Waals surface area contributed by atoms with Gasteiger partial charge in [0, 0.05) is 61.4 Å². The summed E-state index contributed by atoms with van der Waals surface area (Å²) in [5.41, 5.74) is 5.59. The van der Waals surface area contributed by atoms with E-state index < -0.39 is 11.6 Å². The fourth-order valence-electron chi connectivity index (χ4n) is 5.09. The Morgan fingerprint density at radius 2 is 1.95 bits per heavy atom. The molecular weight excluding hydrogens is 486 g/mol. The number of nitrogens with zero attached hydrogens (tertiary/aromatic N) is 4. The highest BCUT2D eigenvalue weighted by molar-refractivity contribution is 5.99. The minimum absolute atomic E-state index is 0.223. The predicted octanol–water partition coefficient (Wildman–Crippen LogP) is 5.24. The first-order valence-electron chi connectivity index (χ1n) is 12.8. The van der Waals surface area contributed by atoms with Crippen molar-refractivity contribution in [2.45, 2.75) is 13.3 Å². The number of nitrogens with one attached hydrogen (secondary N) is 2. The number of hydrogen-bond acceptors (Lipinski definition) is 7. The molecule has 5 heterocycles. The van der Waals surface area contributed by atoms with Gasteiger partial charge in [0.2, 0.25) is 0 Å². The van der Waals surface area contributed by atoms with E-state index in [1.54, 1.807) is 6.20 Å². The van der Waals surface area contributed by atoms with E-state index in [-0.39, 0.29) is 10.9 Å². The fourth-order valence-corrected chi connectivity index (χ4v) is 5.09. The van der Waals surface area contributed by atoms with Gasteiger partial charge in [0.05, 0.1) is 46.9 Å². The Hall–Kier alpha value is -3.95. The van der Waals surface area contributed by atoms with Crippen LogP contribution >= 0.6 is 0 Å². The summed E-state index contributed by atoms with van der Waals surface area (Å²) in [6.07, 6.45) is 6.58. The summed E-state index contributed by atoms with van der Waals surface area (Å²) in [6.45, 7) is 6.29. The number of rotatable bonds is 5. The average Bonchev–Trinajstić information content (AvgIpc) is 2.95. The van der Waals surface area contributed by atoms with Crippen molar-refractivity contribution in [2.75, 3.05) is 49.6 Å². The van der Waals surface area contributed by atoms with Gasteiger partial charge in [-0.15, -0.1) is 0 Å². The van der Waals surface area contributed by atoms with Crippen LogP contribution in [0.25, 0.3) is 27.9 Å². The molecule has 0 atom stereocenters. The molecule has 2 aliphatic heterocycles. The van der Waals surface area contributed by atoms with E-state index >= 15 is 4.39 Å². The van der Waals surface area contributed by atoms with E-state index in [9.17, 15) is 4.39 Å². The molecule has 3 aromatic heterocycles. The highest BCUT2D eigenvalue weighted by atomic mass is 19.1. The molecule has 0 unspecified atom stereocenters. The van der Waals surface area contributed by atoms with Gasteiger partial charge in [-0.05, 0) is 37.6 Å². The number of morpholine rings is 1. The fraction of sp³-hybridized carbons (Fsp3) is 0.276. The molecule has 0 radical (unpaired) electrons. The van der Waals surface area contributed by atoms with Crippen LogP contribution in [0.5, 0.6) is 0 Å². The molecule has 0 amide bonds. The molecule has 1 fully saturated rings. The number of aromatic nitrogens is 3. The van der Waals surface area contributed by atoms with Crippen LogP contribution in [-0.2, 0) is 4.74 Å². The highest BCUT2D eigenvalue weighted by Crippen LogP contribution is 2.39. The first kappa shape index (κ1) is 24.4. The van der Waals surface area contributed by atoms with Crippen molar-refractivity contribution in [1.29, 1.82) is 0 Å².